The van der Waals surface area contributed by atoms with Crippen LogP contribution in [0.5, 0.6) is 0 Å². The van der Waals surface area contributed by atoms with Gasteiger partial charge in [-0.3, -0.25) is 0 Å². The van der Waals surface area contributed by atoms with Crippen LogP contribution in [0, 0.1) is 0 Å². The van der Waals surface area contributed by atoms with Gasteiger partial charge in [-0.25, -0.2) is 8.42 Å². The van der Waals surface area contributed by atoms with E-state index in [1.807, 2.05) is 0 Å². The van der Waals surface area contributed by atoms with Crippen molar-refractivity contribution < 1.29 is 25.0 Å². The first-order chi connectivity index (χ1) is 3.71. The molecule has 64 valence electrons. The van der Waals surface area contributed by atoms with Crippen LogP contribution in [-0.4, -0.2) is 32.3 Å². The van der Waals surface area contributed by atoms with Gasteiger partial charge in [0.2, 0.25) is 5.08 Å². The Morgan fingerprint density at radius 2 is 1.60 bits per heavy atom. The smallest absolute Gasteiger partial charge is 0.210 e. The molecule has 10 heavy (non-hydrogen) atoms. The normalized spacial score (nSPS) is 12.3. The minimum absolute atomic E-state index is 0. The molecule has 0 saturated heterocycles. The number of sulfone groups is 1. The maximum atomic E-state index is 10.8. The summed E-state index contributed by atoms with van der Waals surface area (Å²) in [6.07, 6.45) is 3.96. The zero-order valence-electron chi connectivity index (χ0n) is 6.13. The molecule has 0 rings (SSSR count). The van der Waals surface area contributed by atoms with Gasteiger partial charge in [0, 0.05) is 6.26 Å². The van der Waals surface area contributed by atoms with Gasteiger partial charge in [0.1, 0.15) is 12.5 Å². The van der Waals surface area contributed by atoms with E-state index in [9.17, 15) is 12.6 Å². The second-order valence-electron chi connectivity index (χ2n) is 2.48. The molecule has 0 N–H and O–H groups in total. The van der Waals surface area contributed by atoms with Gasteiger partial charge in [0.15, 0.2) is 9.84 Å². The highest BCUT2D eigenvalue weighted by Crippen LogP contribution is 1.97. The summed E-state index contributed by atoms with van der Waals surface area (Å²) in [4.78, 5) is 0. The van der Waals surface area contributed by atoms with E-state index < -0.39 is 19.8 Å². The summed E-state index contributed by atoms with van der Waals surface area (Å²) in [7, 11) is -5.18. The Morgan fingerprint density at radius 3 is 1.60 bits per heavy atom. The van der Waals surface area contributed by atoms with Crippen molar-refractivity contribution in [3.8, 4) is 0 Å². The molecule has 0 radical (unpaired) electrons. The van der Waals surface area contributed by atoms with E-state index in [2.05, 4.69) is 0 Å². The van der Waals surface area contributed by atoms with E-state index in [1.54, 1.807) is 0 Å². The summed E-state index contributed by atoms with van der Waals surface area (Å²) in [5.74, 6) is 0. The number of halogens is 1. The standard InChI is InChI=1S/C4H11O3S2.ClH/c1-8(2,5)4-9(3,6)7;/h4H2,1-3H3;1H/q+1;/p-1. The molecule has 0 aliphatic heterocycles. The van der Waals surface area contributed by atoms with Crippen LogP contribution < -0.4 is 12.4 Å². The highest BCUT2D eigenvalue weighted by molar-refractivity contribution is 8.13. The lowest BCUT2D eigenvalue weighted by molar-refractivity contribution is -0.00000617. The van der Waals surface area contributed by atoms with E-state index >= 15 is 0 Å². The van der Waals surface area contributed by atoms with Crippen molar-refractivity contribution in [1.29, 1.82) is 0 Å². The number of hydrogen-bond donors (Lipinski definition) is 0. The quantitative estimate of drug-likeness (QED) is 0.446. The molecule has 0 aromatic carbocycles. The average Bonchev–Trinajstić information content (AvgIpc) is 1.14. The second-order valence-corrected chi connectivity index (χ2v) is 8.15. The summed E-state index contributed by atoms with van der Waals surface area (Å²) in [5, 5.41) is -0.208. The molecule has 0 saturated carbocycles. The molecular formula is C4H11ClO3S2. The van der Waals surface area contributed by atoms with Crippen molar-refractivity contribution >= 4 is 19.8 Å². The Kier molecular flexibility index (Phi) is 4.80. The molecule has 0 amide bonds. The monoisotopic (exact) mass is 206 g/mol. The summed E-state index contributed by atoms with van der Waals surface area (Å²) in [6.45, 7) is 0. The molecule has 0 heterocycles. The highest BCUT2D eigenvalue weighted by Gasteiger charge is 2.19. The SMILES string of the molecule is CS(=O)(=O)C[S+](C)(C)=O.[Cl-]. The van der Waals surface area contributed by atoms with Crippen LogP contribution in [0.1, 0.15) is 0 Å². The van der Waals surface area contributed by atoms with Crippen molar-refractivity contribution in [2.24, 2.45) is 0 Å². The Balaban J connectivity index is 0. The van der Waals surface area contributed by atoms with E-state index in [0.29, 0.717) is 0 Å². The molecule has 6 heteroatoms. The third-order valence-corrected chi connectivity index (χ3v) is 4.48. The minimum atomic E-state index is -3.06. The first-order valence-electron chi connectivity index (χ1n) is 2.30. The fourth-order valence-electron chi connectivity index (χ4n) is 0.516. The summed E-state index contributed by atoms with van der Waals surface area (Å²) in [5.41, 5.74) is 0. The van der Waals surface area contributed by atoms with Gasteiger partial charge < -0.3 is 12.4 Å². The molecule has 0 aromatic heterocycles. The molecular weight excluding hydrogens is 196 g/mol. The van der Waals surface area contributed by atoms with Crippen LogP contribution in [0.2, 0.25) is 0 Å². The largest absolute Gasteiger partial charge is 1.00 e. The van der Waals surface area contributed by atoms with Crippen molar-refractivity contribution in [2.45, 2.75) is 0 Å². The molecule has 3 nitrogen and oxygen atoms in total. The zero-order chi connectivity index (χ0) is 7.71. The molecule has 0 aliphatic rings. The lowest BCUT2D eigenvalue weighted by Gasteiger charge is -1.96. The number of rotatable bonds is 2. The molecule has 0 unspecified atom stereocenters. The molecule has 0 aromatic rings. The molecule has 0 bridgehead atoms. The Hall–Kier alpha value is 0.390. The zero-order valence-corrected chi connectivity index (χ0v) is 8.52. The fourth-order valence-corrected chi connectivity index (χ4v) is 4.64. The van der Waals surface area contributed by atoms with E-state index in [4.69, 9.17) is 0 Å². The first-order valence-corrected chi connectivity index (χ1v) is 6.91. The van der Waals surface area contributed by atoms with E-state index in [0.717, 1.165) is 6.26 Å². The minimum Gasteiger partial charge on any atom is -1.00 e. The van der Waals surface area contributed by atoms with Crippen molar-refractivity contribution in [2.75, 3.05) is 23.9 Å². The van der Waals surface area contributed by atoms with Gasteiger partial charge in [-0.2, -0.15) is 0 Å². The van der Waals surface area contributed by atoms with Gasteiger partial charge in [0.25, 0.3) is 0 Å². The third kappa shape index (κ3) is 11.2. The summed E-state index contributed by atoms with van der Waals surface area (Å²) >= 11 is 0. The van der Waals surface area contributed by atoms with Crippen LogP contribution in [-0.2, 0) is 24.0 Å². The lowest BCUT2D eigenvalue weighted by Crippen LogP contribution is -3.00. The molecule has 0 aliphatic carbocycles. The van der Waals surface area contributed by atoms with Crippen LogP contribution in [0.25, 0.3) is 0 Å². The lowest BCUT2D eigenvalue weighted by atomic mass is 11.8. The van der Waals surface area contributed by atoms with Gasteiger partial charge in [0.05, 0.1) is 9.93 Å². The molecule has 0 atom stereocenters. The maximum Gasteiger partial charge on any atom is 0.210 e. The number of hydrogen-bond acceptors (Lipinski definition) is 3. The van der Waals surface area contributed by atoms with Crippen molar-refractivity contribution in [3.63, 3.8) is 0 Å². The van der Waals surface area contributed by atoms with Crippen LogP contribution in [0.4, 0.5) is 0 Å². The Labute approximate surface area is 69.0 Å². The van der Waals surface area contributed by atoms with Gasteiger partial charge >= 0.3 is 0 Å². The van der Waals surface area contributed by atoms with Gasteiger partial charge in [-0.1, -0.05) is 0 Å². The van der Waals surface area contributed by atoms with Crippen LogP contribution >= 0.6 is 0 Å². The maximum absolute atomic E-state index is 10.8. The Bertz CT molecular complexity index is 225. The topological polar surface area (TPSA) is 51.2 Å². The first kappa shape index (κ1) is 13.0. The molecule has 0 spiro atoms. The average molecular weight is 207 g/mol. The van der Waals surface area contributed by atoms with E-state index in [-0.39, 0.29) is 17.5 Å². The fraction of sp³-hybridized carbons (Fsp3) is 1.00. The van der Waals surface area contributed by atoms with Crippen LogP contribution in [0.3, 0.4) is 0 Å². The van der Waals surface area contributed by atoms with E-state index in [1.165, 1.54) is 12.5 Å². The molecule has 0 fully saturated rings. The second kappa shape index (κ2) is 3.69. The summed E-state index contributed by atoms with van der Waals surface area (Å²) in [6, 6.07) is 0. The van der Waals surface area contributed by atoms with Crippen LogP contribution in [0.15, 0.2) is 0 Å². The third-order valence-electron chi connectivity index (χ3n) is 0.498. The van der Waals surface area contributed by atoms with Crippen molar-refractivity contribution in [1.82, 2.24) is 0 Å². The summed E-state index contributed by atoms with van der Waals surface area (Å²) < 4.78 is 31.8. The Morgan fingerprint density at radius 1 is 1.30 bits per heavy atom. The predicted octanol–water partition coefficient (Wildman–Crippen LogP) is -3.25. The van der Waals surface area contributed by atoms with Crippen molar-refractivity contribution in [3.05, 3.63) is 0 Å². The van der Waals surface area contributed by atoms with Gasteiger partial charge in [-0.15, -0.1) is 4.21 Å². The van der Waals surface area contributed by atoms with Gasteiger partial charge in [-0.05, 0) is 0 Å². The highest BCUT2D eigenvalue weighted by atomic mass is 35.5. The predicted molar refractivity (Wildman–Crippen MR) is 39.6 cm³/mol.